The van der Waals surface area contributed by atoms with Gasteiger partial charge in [-0.15, -0.1) is 11.6 Å². The minimum atomic E-state index is -1.13. The predicted octanol–water partition coefficient (Wildman–Crippen LogP) is 2.25. The molecule has 0 aliphatic carbocycles. The summed E-state index contributed by atoms with van der Waals surface area (Å²) >= 11 is 6.01. The van der Waals surface area contributed by atoms with E-state index in [2.05, 4.69) is 45.0 Å². The zero-order valence-corrected chi connectivity index (χ0v) is 11.6. The van der Waals surface area contributed by atoms with Crippen LogP contribution in [0.4, 0.5) is 0 Å². The van der Waals surface area contributed by atoms with E-state index in [9.17, 15) is 0 Å². The average Bonchev–Trinajstić information content (AvgIpc) is 2.19. The lowest BCUT2D eigenvalue weighted by atomic mass is 10.2. The minimum Gasteiger partial charge on any atom is -0.379 e. The van der Waals surface area contributed by atoms with Gasteiger partial charge in [-0.1, -0.05) is 35.5 Å². The maximum Gasteiger partial charge on any atom is 0.115 e. The van der Waals surface area contributed by atoms with Gasteiger partial charge in [-0.2, -0.15) is 0 Å². The van der Waals surface area contributed by atoms with Gasteiger partial charge in [0.25, 0.3) is 0 Å². The van der Waals surface area contributed by atoms with Crippen LogP contribution in [0.3, 0.4) is 0 Å². The summed E-state index contributed by atoms with van der Waals surface area (Å²) < 4.78 is 5.81. The Labute approximate surface area is 99.0 Å². The van der Waals surface area contributed by atoms with Crippen LogP contribution in [0.2, 0.25) is 0 Å². The summed E-state index contributed by atoms with van der Waals surface area (Å²) in [4.78, 5) is 0. The molecule has 0 amide bonds. The molecule has 0 aliphatic heterocycles. The quantitative estimate of drug-likeness (QED) is 0.582. The monoisotopic (exact) mass is 242 g/mol. The normalized spacial score (nSPS) is 13.9. The molecular formula is C12H19ClOSi. The van der Waals surface area contributed by atoms with Crippen molar-refractivity contribution < 1.29 is 4.74 Å². The molecule has 84 valence electrons. The van der Waals surface area contributed by atoms with Gasteiger partial charge in [0.15, 0.2) is 0 Å². The first-order valence-corrected chi connectivity index (χ1v) is 8.02. The highest BCUT2D eigenvalue weighted by Gasteiger charge is 2.17. The number of alkyl halides is 1. The maximum absolute atomic E-state index is 6.01. The van der Waals surface area contributed by atoms with E-state index in [4.69, 9.17) is 16.3 Å². The molecule has 0 radical (unpaired) electrons. The van der Waals surface area contributed by atoms with Crippen LogP contribution >= 0.6 is 11.6 Å². The molecule has 0 aromatic heterocycles. The van der Waals surface area contributed by atoms with Gasteiger partial charge in [0.2, 0.25) is 0 Å². The van der Waals surface area contributed by atoms with E-state index in [-0.39, 0.29) is 5.60 Å². The van der Waals surface area contributed by atoms with Crippen LogP contribution in [0.5, 0.6) is 0 Å². The van der Waals surface area contributed by atoms with Crippen LogP contribution in [0.1, 0.15) is 20.8 Å². The molecular weight excluding hydrogens is 224 g/mol. The van der Waals surface area contributed by atoms with Crippen molar-refractivity contribution in [3.8, 4) is 0 Å². The third-order valence-corrected chi connectivity index (χ3v) is 5.56. The molecule has 1 unspecified atom stereocenters. The molecule has 0 N–H and O–H groups in total. The maximum atomic E-state index is 6.01. The Morgan fingerprint density at radius 2 is 1.80 bits per heavy atom. The largest absolute Gasteiger partial charge is 0.379 e. The first-order valence-electron chi connectivity index (χ1n) is 5.28. The molecule has 0 spiro atoms. The van der Waals surface area contributed by atoms with E-state index in [1.54, 1.807) is 0 Å². The highest BCUT2D eigenvalue weighted by atomic mass is 35.5. The second kappa shape index (κ2) is 5.68. The molecule has 0 bridgehead atoms. The van der Waals surface area contributed by atoms with Gasteiger partial charge in [-0.25, -0.2) is 0 Å². The van der Waals surface area contributed by atoms with Crippen LogP contribution in [-0.2, 0) is 4.74 Å². The molecule has 1 rings (SSSR count). The smallest absolute Gasteiger partial charge is 0.115 e. The molecule has 15 heavy (non-hydrogen) atoms. The first kappa shape index (κ1) is 12.8. The van der Waals surface area contributed by atoms with E-state index in [0.717, 1.165) is 11.7 Å². The Morgan fingerprint density at radius 3 is 2.27 bits per heavy atom. The molecule has 1 aromatic carbocycles. The minimum absolute atomic E-state index is 0.0634. The Morgan fingerprint density at radius 1 is 1.20 bits per heavy atom. The second-order valence-electron chi connectivity index (χ2n) is 4.69. The Hall–Kier alpha value is -0.313. The summed E-state index contributed by atoms with van der Waals surface area (Å²) in [5.74, 6) is 0. The van der Waals surface area contributed by atoms with Gasteiger partial charge in [-0.05, 0) is 20.8 Å². The summed E-state index contributed by atoms with van der Waals surface area (Å²) in [7, 11) is -1.13. The Balaban J connectivity index is 2.58. The molecule has 1 atom stereocenters. The van der Waals surface area contributed by atoms with Crippen molar-refractivity contribution in [2.24, 2.45) is 0 Å². The van der Waals surface area contributed by atoms with Crippen molar-refractivity contribution in [3.63, 3.8) is 0 Å². The first-order chi connectivity index (χ1) is 7.03. The summed E-state index contributed by atoms with van der Waals surface area (Å²) in [5, 5.41) is 1.39. The lowest BCUT2D eigenvalue weighted by Crippen LogP contribution is -2.40. The lowest BCUT2D eigenvalue weighted by Gasteiger charge is -2.22. The zero-order chi connectivity index (χ0) is 11.3. The molecule has 1 aromatic rings. The van der Waals surface area contributed by atoms with E-state index in [0.29, 0.717) is 0 Å². The molecule has 1 nitrogen and oxygen atoms in total. The van der Waals surface area contributed by atoms with Gasteiger partial charge in [0, 0.05) is 11.7 Å². The molecule has 0 heterocycles. The summed E-state index contributed by atoms with van der Waals surface area (Å²) in [6.07, 6.45) is 0.816. The van der Waals surface area contributed by atoms with Crippen LogP contribution < -0.4 is 5.19 Å². The van der Waals surface area contributed by atoms with Gasteiger partial charge >= 0.3 is 0 Å². The van der Waals surface area contributed by atoms with Crippen molar-refractivity contribution in [3.05, 3.63) is 30.3 Å². The summed E-state index contributed by atoms with van der Waals surface area (Å²) in [6, 6.07) is 10.5. The van der Waals surface area contributed by atoms with E-state index >= 15 is 0 Å². The van der Waals surface area contributed by atoms with E-state index < -0.39 is 8.80 Å². The summed E-state index contributed by atoms with van der Waals surface area (Å²) in [6.45, 7) is 6.24. The lowest BCUT2D eigenvalue weighted by molar-refractivity contribution is 0.0240. The highest BCUT2D eigenvalue weighted by molar-refractivity contribution is 6.78. The van der Waals surface area contributed by atoms with Crippen LogP contribution in [0.15, 0.2) is 30.3 Å². The number of halogens is 1. The predicted molar refractivity (Wildman–Crippen MR) is 69.7 cm³/mol. The number of rotatable bonds is 4. The van der Waals surface area contributed by atoms with Gasteiger partial charge in [0.1, 0.15) is 8.80 Å². The van der Waals surface area contributed by atoms with E-state index in [1.807, 2.05) is 6.07 Å². The van der Waals surface area contributed by atoms with Gasteiger partial charge in [-0.3, -0.25) is 0 Å². The van der Waals surface area contributed by atoms with Crippen molar-refractivity contribution >= 4 is 25.6 Å². The second-order valence-corrected chi connectivity index (χ2v) is 8.31. The fraction of sp³-hybridized carbons (Fsp3) is 0.500. The zero-order valence-electron chi connectivity index (χ0n) is 9.66. The Bertz CT molecular complexity index is 281. The SMILES string of the molecule is CC(C)(C)OC[SiH](CCl)c1ccccc1. The third-order valence-electron chi connectivity index (χ3n) is 2.17. The number of benzene rings is 1. The third kappa shape index (κ3) is 4.82. The number of ether oxygens (including phenoxy) is 1. The van der Waals surface area contributed by atoms with Crippen molar-refractivity contribution in [1.29, 1.82) is 0 Å². The van der Waals surface area contributed by atoms with Crippen molar-refractivity contribution in [2.75, 3.05) is 11.7 Å². The highest BCUT2D eigenvalue weighted by Crippen LogP contribution is 2.07. The number of hydrogen-bond acceptors (Lipinski definition) is 1. The molecule has 0 saturated carbocycles. The average molecular weight is 243 g/mol. The fourth-order valence-electron chi connectivity index (χ4n) is 1.31. The van der Waals surface area contributed by atoms with E-state index in [1.165, 1.54) is 5.19 Å². The molecule has 0 saturated heterocycles. The molecule has 0 aliphatic rings. The Kier molecular flexibility index (Phi) is 4.83. The molecule has 3 heteroatoms. The number of hydrogen-bond donors (Lipinski definition) is 0. The van der Waals surface area contributed by atoms with Gasteiger partial charge in [0.05, 0.1) is 5.60 Å². The topological polar surface area (TPSA) is 9.23 Å². The van der Waals surface area contributed by atoms with Crippen molar-refractivity contribution in [1.82, 2.24) is 0 Å². The van der Waals surface area contributed by atoms with Crippen LogP contribution in [0, 0.1) is 0 Å². The molecule has 0 fully saturated rings. The van der Waals surface area contributed by atoms with Gasteiger partial charge < -0.3 is 4.74 Å². The van der Waals surface area contributed by atoms with Crippen LogP contribution in [0.25, 0.3) is 0 Å². The standard InChI is InChI=1S/C12H19ClOSi/c1-12(2,3)14-10-15(9-13)11-7-5-4-6-8-11/h4-8,15H,9-10H2,1-3H3. The van der Waals surface area contributed by atoms with Crippen LogP contribution in [-0.4, -0.2) is 26.1 Å². The summed E-state index contributed by atoms with van der Waals surface area (Å²) in [5.41, 5.74) is 0.673. The fourth-order valence-corrected chi connectivity index (χ4v) is 4.03. The van der Waals surface area contributed by atoms with Crippen molar-refractivity contribution in [2.45, 2.75) is 26.4 Å².